The van der Waals surface area contributed by atoms with E-state index in [1.807, 2.05) is 12.1 Å². The lowest BCUT2D eigenvalue weighted by atomic mass is 9.87. The molecule has 192 valence electrons. The zero-order valence-electron chi connectivity index (χ0n) is 19.7. The van der Waals surface area contributed by atoms with Crippen LogP contribution in [0, 0.1) is 16.9 Å². The Hall–Kier alpha value is -2.27. The molecule has 2 fully saturated rings. The minimum Gasteiger partial charge on any atom is -0.497 e. The molecular formula is C25H27ClF2N4O2S2. The number of hydrogen-bond acceptors (Lipinski definition) is 6. The van der Waals surface area contributed by atoms with Gasteiger partial charge in [0.05, 0.1) is 28.9 Å². The number of methoxy groups -OCH3 is 1. The van der Waals surface area contributed by atoms with E-state index >= 15 is 0 Å². The zero-order chi connectivity index (χ0) is 25.3. The Morgan fingerprint density at radius 3 is 2.83 bits per heavy atom. The fourth-order valence-electron chi connectivity index (χ4n) is 5.43. The molecule has 0 spiro atoms. The second-order valence-corrected chi connectivity index (χ2v) is 11.9. The minimum absolute atomic E-state index is 0.00883. The molecule has 0 aliphatic carbocycles. The monoisotopic (exact) mass is 552 g/mol. The highest BCUT2D eigenvalue weighted by atomic mass is 35.5. The molecule has 3 aromatic rings. The van der Waals surface area contributed by atoms with Gasteiger partial charge in [0.1, 0.15) is 11.6 Å². The molecule has 0 saturated carbocycles. The SMILES string of the molecule is COc1ccc(CC2CN3CCCC3(CNc3cc(F)c(S(=O)Nc4ncc(F)s4)cc3Cl)C2)cc1. The van der Waals surface area contributed by atoms with E-state index < -0.39 is 21.9 Å². The van der Waals surface area contributed by atoms with E-state index in [9.17, 15) is 13.0 Å². The number of anilines is 2. The molecule has 2 saturated heterocycles. The summed E-state index contributed by atoms with van der Waals surface area (Å²) in [5.41, 5.74) is 1.78. The van der Waals surface area contributed by atoms with Crippen molar-refractivity contribution in [3.63, 3.8) is 0 Å². The normalized spacial score (nSPS) is 22.4. The van der Waals surface area contributed by atoms with Gasteiger partial charge in [-0.2, -0.15) is 4.39 Å². The highest BCUT2D eigenvalue weighted by molar-refractivity contribution is 7.86. The van der Waals surface area contributed by atoms with Crippen LogP contribution in [0.15, 0.2) is 47.5 Å². The van der Waals surface area contributed by atoms with E-state index in [1.165, 1.54) is 17.7 Å². The summed E-state index contributed by atoms with van der Waals surface area (Å²) < 4.78 is 48.4. The van der Waals surface area contributed by atoms with Crippen LogP contribution in [0.1, 0.15) is 24.8 Å². The maximum Gasteiger partial charge on any atom is 0.198 e. The zero-order valence-corrected chi connectivity index (χ0v) is 22.1. The minimum atomic E-state index is -1.96. The topological polar surface area (TPSA) is 66.5 Å². The van der Waals surface area contributed by atoms with Gasteiger partial charge in [0, 0.05) is 18.6 Å². The lowest BCUT2D eigenvalue weighted by molar-refractivity contribution is 0.209. The number of benzene rings is 2. The van der Waals surface area contributed by atoms with Crippen LogP contribution in [-0.2, 0) is 17.4 Å². The van der Waals surface area contributed by atoms with Crippen molar-refractivity contribution in [2.45, 2.75) is 36.1 Å². The van der Waals surface area contributed by atoms with Crippen LogP contribution in [0.2, 0.25) is 5.02 Å². The summed E-state index contributed by atoms with van der Waals surface area (Å²) in [5, 5.41) is 3.23. The maximum absolute atomic E-state index is 14.9. The number of nitrogens with zero attached hydrogens (tertiary/aromatic N) is 2. The van der Waals surface area contributed by atoms with Gasteiger partial charge in [-0.3, -0.25) is 9.62 Å². The molecule has 3 atom stereocenters. The highest BCUT2D eigenvalue weighted by Gasteiger charge is 2.47. The summed E-state index contributed by atoms with van der Waals surface area (Å²) in [6, 6.07) is 10.9. The first kappa shape index (κ1) is 25.4. The average molecular weight is 553 g/mol. The van der Waals surface area contributed by atoms with Crippen molar-refractivity contribution in [2.75, 3.05) is 36.8 Å². The Morgan fingerprint density at radius 2 is 2.11 bits per heavy atom. The fraction of sp³-hybridized carbons (Fsp3) is 0.400. The van der Waals surface area contributed by atoms with E-state index in [4.69, 9.17) is 16.3 Å². The van der Waals surface area contributed by atoms with Gasteiger partial charge in [-0.05, 0) is 68.0 Å². The smallest absolute Gasteiger partial charge is 0.198 e. The number of aromatic nitrogens is 1. The molecule has 3 unspecified atom stereocenters. The lowest BCUT2D eigenvalue weighted by Crippen LogP contribution is -2.44. The number of ether oxygens (including phenoxy) is 1. The molecule has 0 bridgehead atoms. The summed E-state index contributed by atoms with van der Waals surface area (Å²) in [4.78, 5) is 6.20. The molecule has 0 radical (unpaired) electrons. The molecule has 2 N–H and O–H groups in total. The summed E-state index contributed by atoms with van der Waals surface area (Å²) in [5.74, 6) is 0.743. The van der Waals surface area contributed by atoms with Crippen molar-refractivity contribution < 1.29 is 17.7 Å². The molecule has 11 heteroatoms. The quantitative estimate of drug-likeness (QED) is 0.355. The number of halogens is 3. The summed E-state index contributed by atoms with van der Waals surface area (Å²) in [7, 11) is -0.291. The predicted molar refractivity (Wildman–Crippen MR) is 140 cm³/mol. The lowest BCUT2D eigenvalue weighted by Gasteiger charge is -2.32. The molecule has 2 aromatic carbocycles. The Bertz CT molecular complexity index is 1260. The molecule has 2 aliphatic rings. The maximum atomic E-state index is 14.9. The number of thiazole rings is 1. The first-order valence-corrected chi connectivity index (χ1v) is 14.1. The molecule has 3 heterocycles. The first-order chi connectivity index (χ1) is 17.3. The second-order valence-electron chi connectivity index (χ2n) is 9.35. The Balaban J connectivity index is 1.24. The summed E-state index contributed by atoms with van der Waals surface area (Å²) in [6.45, 7) is 2.75. The van der Waals surface area contributed by atoms with E-state index in [2.05, 4.69) is 32.1 Å². The van der Waals surface area contributed by atoms with Crippen molar-refractivity contribution in [3.05, 3.63) is 64.1 Å². The van der Waals surface area contributed by atoms with E-state index in [0.29, 0.717) is 29.5 Å². The molecule has 6 nitrogen and oxygen atoms in total. The molecule has 36 heavy (non-hydrogen) atoms. The van der Waals surface area contributed by atoms with Crippen molar-refractivity contribution in [1.82, 2.24) is 9.88 Å². The van der Waals surface area contributed by atoms with Crippen molar-refractivity contribution >= 4 is 44.7 Å². The van der Waals surface area contributed by atoms with Gasteiger partial charge < -0.3 is 10.1 Å². The van der Waals surface area contributed by atoms with Crippen molar-refractivity contribution in [1.29, 1.82) is 0 Å². The number of nitrogens with one attached hydrogen (secondary N) is 2. The largest absolute Gasteiger partial charge is 0.497 e. The van der Waals surface area contributed by atoms with Gasteiger partial charge in [0.15, 0.2) is 21.2 Å². The third kappa shape index (κ3) is 5.37. The van der Waals surface area contributed by atoms with Crippen LogP contribution < -0.4 is 14.8 Å². The third-order valence-electron chi connectivity index (χ3n) is 7.06. The van der Waals surface area contributed by atoms with Crippen LogP contribution in [0.4, 0.5) is 19.6 Å². The van der Waals surface area contributed by atoms with Crippen LogP contribution >= 0.6 is 22.9 Å². The average Bonchev–Trinajstić information content (AvgIpc) is 3.53. The van der Waals surface area contributed by atoms with Gasteiger partial charge in [0.2, 0.25) is 0 Å². The van der Waals surface area contributed by atoms with Gasteiger partial charge in [0.25, 0.3) is 0 Å². The number of rotatable bonds is 9. The van der Waals surface area contributed by atoms with Crippen molar-refractivity contribution in [3.8, 4) is 5.75 Å². The van der Waals surface area contributed by atoms with E-state index in [1.54, 1.807) is 7.11 Å². The predicted octanol–water partition coefficient (Wildman–Crippen LogP) is 5.73. The molecular weight excluding hydrogens is 526 g/mol. The van der Waals surface area contributed by atoms with E-state index in [0.717, 1.165) is 50.7 Å². The number of hydrogen-bond donors (Lipinski definition) is 2. The Morgan fingerprint density at radius 1 is 1.31 bits per heavy atom. The Kier molecular flexibility index (Phi) is 7.48. The standard InChI is InChI=1S/C25H27ClF2N4O2S2/c1-34-18-5-3-16(4-6-18)9-17-12-25(7-2-8-32(25)14-17)15-30-21-11-20(27)22(10-19(21)26)36(33)31-24-29-13-23(28)35-24/h3-6,10-11,13,17,30H,2,7-9,12,14-15H2,1H3,(H,29,31). The second kappa shape index (κ2) is 10.6. The van der Waals surface area contributed by atoms with Gasteiger partial charge in [-0.25, -0.2) is 13.6 Å². The number of fused-ring (bicyclic) bond motifs is 1. The van der Waals surface area contributed by atoms with Gasteiger partial charge in [-0.1, -0.05) is 35.1 Å². The highest BCUT2D eigenvalue weighted by Crippen LogP contribution is 2.43. The molecule has 0 amide bonds. The first-order valence-electron chi connectivity index (χ1n) is 11.8. The van der Waals surface area contributed by atoms with Crippen LogP contribution in [-0.4, -0.2) is 46.4 Å². The van der Waals surface area contributed by atoms with Crippen LogP contribution in [0.3, 0.4) is 0 Å². The van der Waals surface area contributed by atoms with E-state index in [-0.39, 0.29) is 20.6 Å². The van der Waals surface area contributed by atoms with Crippen LogP contribution in [0.5, 0.6) is 5.75 Å². The Labute approximate surface area is 220 Å². The van der Waals surface area contributed by atoms with Crippen molar-refractivity contribution in [2.24, 2.45) is 5.92 Å². The van der Waals surface area contributed by atoms with Gasteiger partial charge >= 0.3 is 0 Å². The third-order valence-corrected chi connectivity index (χ3v) is 9.29. The summed E-state index contributed by atoms with van der Waals surface area (Å²) in [6.07, 6.45) is 5.29. The molecule has 1 aromatic heterocycles. The fourth-order valence-corrected chi connectivity index (χ4v) is 7.30. The molecule has 5 rings (SSSR count). The van der Waals surface area contributed by atoms with Crippen LogP contribution in [0.25, 0.3) is 0 Å². The molecule has 2 aliphatic heterocycles. The summed E-state index contributed by atoms with van der Waals surface area (Å²) >= 11 is 7.15. The van der Waals surface area contributed by atoms with Gasteiger partial charge in [-0.15, -0.1) is 0 Å².